The topological polar surface area (TPSA) is 65.0 Å². The summed E-state index contributed by atoms with van der Waals surface area (Å²) in [5.74, 6) is 0.0260. The average molecular weight is 695 g/mol. The van der Waals surface area contributed by atoms with Gasteiger partial charge in [0.05, 0.1) is 31.8 Å². The first kappa shape index (κ1) is 46.4. The first-order valence-electron chi connectivity index (χ1n) is 20.4. The van der Waals surface area contributed by atoms with Crippen LogP contribution in [0, 0.1) is 0 Å². The van der Waals surface area contributed by atoms with E-state index >= 15 is 0 Å². The van der Waals surface area contributed by atoms with Gasteiger partial charge in [-0.2, -0.15) is 0 Å². The Bertz CT molecular complexity index is 581. The zero-order chi connectivity index (χ0) is 33.7. The fraction of sp³-hybridized carbons (Fsp3) is 1.00. The second kappa shape index (κ2) is 38.2. The van der Waals surface area contributed by atoms with Crippen LogP contribution in [0.4, 0.5) is 0 Å². The van der Waals surface area contributed by atoms with E-state index in [2.05, 4.69) is 13.8 Å². The van der Waals surface area contributed by atoms with Crippen molar-refractivity contribution in [3.05, 3.63) is 0 Å². The highest BCUT2D eigenvalue weighted by molar-refractivity contribution is 7.48. The van der Waals surface area contributed by atoms with Gasteiger partial charge >= 0.3 is 7.82 Å². The number of phosphoric acid groups is 1. The van der Waals surface area contributed by atoms with E-state index in [4.69, 9.17) is 25.2 Å². The summed E-state index contributed by atoms with van der Waals surface area (Å²) >= 11 is 5.69. The van der Waals surface area contributed by atoms with Crippen LogP contribution in [0.2, 0.25) is 0 Å². The predicted molar refractivity (Wildman–Crippen MR) is 201 cm³/mol. The van der Waals surface area contributed by atoms with Crippen molar-refractivity contribution in [2.45, 2.75) is 225 Å². The molecule has 0 aromatic carbocycles. The second-order valence-corrected chi connectivity index (χ2v) is 15.8. The Balaban J connectivity index is 3.75. The van der Waals surface area contributed by atoms with Crippen molar-refractivity contribution in [1.29, 1.82) is 0 Å². The van der Waals surface area contributed by atoms with Crippen molar-refractivity contribution in [2.75, 3.05) is 25.7 Å². The Labute approximate surface area is 293 Å². The maximum atomic E-state index is 13.1. The minimum Gasteiger partial charge on any atom is -0.389 e. The number of hydrogen-bond acceptors (Lipinski definition) is 5. The van der Waals surface area contributed by atoms with Crippen molar-refractivity contribution >= 4 is 19.4 Å². The van der Waals surface area contributed by atoms with Gasteiger partial charge in [-0.15, -0.1) is 11.6 Å². The maximum absolute atomic E-state index is 13.1. The highest BCUT2D eigenvalue weighted by Gasteiger charge is 2.27. The third-order valence-electron chi connectivity index (χ3n) is 9.10. The molecule has 0 aromatic heterocycles. The summed E-state index contributed by atoms with van der Waals surface area (Å²) in [5.41, 5.74) is 0. The molecule has 0 bridgehead atoms. The summed E-state index contributed by atoms with van der Waals surface area (Å²) in [5, 5.41) is 9.77. The standard InChI is InChI=1S/C39H80ClO5P/c1-3-5-7-9-11-13-15-17-19-21-23-25-27-29-31-33-35-43-46(42,45-38-39(41)37-40)44-36-34-32-30-28-26-24-22-20-18-16-14-12-10-8-6-4-2/h39,41H,3-38H2,1-2H3. The monoisotopic (exact) mass is 695 g/mol. The lowest BCUT2D eigenvalue weighted by Gasteiger charge is -2.19. The van der Waals surface area contributed by atoms with Gasteiger partial charge in [0.15, 0.2) is 0 Å². The second-order valence-electron chi connectivity index (χ2n) is 13.8. The van der Waals surface area contributed by atoms with E-state index in [1.54, 1.807) is 0 Å². The molecule has 0 aliphatic rings. The predicted octanol–water partition coefficient (Wildman–Crippen LogP) is 14.3. The molecule has 0 saturated heterocycles. The molecule has 1 N–H and O–H groups in total. The maximum Gasteiger partial charge on any atom is 0.474 e. The lowest BCUT2D eigenvalue weighted by Crippen LogP contribution is -2.17. The Morgan fingerprint density at radius 1 is 0.435 bits per heavy atom. The van der Waals surface area contributed by atoms with Crippen LogP contribution in [0.3, 0.4) is 0 Å². The number of hydrogen-bond donors (Lipinski definition) is 1. The lowest BCUT2D eigenvalue weighted by atomic mass is 10.0. The van der Waals surface area contributed by atoms with Gasteiger partial charge in [-0.1, -0.05) is 206 Å². The van der Waals surface area contributed by atoms with Crippen molar-refractivity contribution in [3.63, 3.8) is 0 Å². The molecule has 1 unspecified atom stereocenters. The third kappa shape index (κ3) is 35.7. The van der Waals surface area contributed by atoms with Crippen molar-refractivity contribution in [3.8, 4) is 0 Å². The molecule has 0 aromatic rings. The van der Waals surface area contributed by atoms with Gasteiger partial charge in [-0.3, -0.25) is 13.6 Å². The largest absolute Gasteiger partial charge is 0.474 e. The zero-order valence-electron chi connectivity index (χ0n) is 30.9. The van der Waals surface area contributed by atoms with Gasteiger partial charge in [-0.05, 0) is 12.8 Å². The highest BCUT2D eigenvalue weighted by atomic mass is 35.5. The fourth-order valence-corrected chi connectivity index (χ4v) is 7.36. The Morgan fingerprint density at radius 3 is 0.913 bits per heavy atom. The Kier molecular flexibility index (Phi) is 38.5. The van der Waals surface area contributed by atoms with Gasteiger partial charge in [0.25, 0.3) is 0 Å². The van der Waals surface area contributed by atoms with Crippen molar-refractivity contribution in [2.24, 2.45) is 0 Å². The summed E-state index contributed by atoms with van der Waals surface area (Å²) in [4.78, 5) is 0. The van der Waals surface area contributed by atoms with Crippen LogP contribution in [0.25, 0.3) is 0 Å². The molecule has 7 heteroatoms. The van der Waals surface area contributed by atoms with E-state index in [1.165, 1.54) is 180 Å². The summed E-state index contributed by atoms with van der Waals surface area (Å²) in [6.45, 7) is 5.12. The molecule has 0 heterocycles. The van der Waals surface area contributed by atoms with Crippen LogP contribution in [-0.4, -0.2) is 36.9 Å². The van der Waals surface area contributed by atoms with Crippen LogP contribution < -0.4 is 0 Å². The molecular formula is C39H80ClO5P. The molecule has 5 nitrogen and oxygen atoms in total. The van der Waals surface area contributed by atoms with E-state index < -0.39 is 13.9 Å². The minimum atomic E-state index is -3.68. The van der Waals surface area contributed by atoms with Crippen LogP contribution in [0.5, 0.6) is 0 Å². The number of aliphatic hydroxyl groups excluding tert-OH is 1. The molecule has 0 amide bonds. The summed E-state index contributed by atoms with van der Waals surface area (Å²) in [6, 6.07) is 0. The van der Waals surface area contributed by atoms with E-state index in [0.29, 0.717) is 13.2 Å². The summed E-state index contributed by atoms with van der Waals surface area (Å²) < 4.78 is 29.8. The smallest absolute Gasteiger partial charge is 0.389 e. The molecule has 0 rings (SSSR count). The summed E-state index contributed by atoms with van der Waals surface area (Å²) in [7, 11) is -3.68. The summed E-state index contributed by atoms with van der Waals surface area (Å²) in [6.07, 6.45) is 41.0. The zero-order valence-corrected chi connectivity index (χ0v) is 32.6. The van der Waals surface area contributed by atoms with Gasteiger partial charge < -0.3 is 5.11 Å². The highest BCUT2D eigenvalue weighted by Crippen LogP contribution is 2.50. The van der Waals surface area contributed by atoms with Gasteiger partial charge in [0.1, 0.15) is 0 Å². The molecule has 278 valence electrons. The number of aliphatic hydroxyl groups is 1. The SMILES string of the molecule is CCCCCCCCCCCCCCCCCCOP(=O)(OCCCCCCCCCCCCCCCCCC)OCC(O)CCl. The quantitative estimate of drug-likeness (QED) is 0.0393. The van der Waals surface area contributed by atoms with Crippen LogP contribution in [0.1, 0.15) is 219 Å². The first-order chi connectivity index (χ1) is 22.6. The van der Waals surface area contributed by atoms with Crippen LogP contribution in [0.15, 0.2) is 0 Å². The fourth-order valence-electron chi connectivity index (χ4n) is 5.99. The molecule has 0 spiro atoms. The molecule has 1 atom stereocenters. The third-order valence-corrected chi connectivity index (χ3v) is 10.9. The molecule has 0 saturated carbocycles. The number of phosphoric ester groups is 1. The van der Waals surface area contributed by atoms with E-state index in [0.717, 1.165) is 25.7 Å². The average Bonchev–Trinajstić information content (AvgIpc) is 3.06. The van der Waals surface area contributed by atoms with Gasteiger partial charge in [0, 0.05) is 0 Å². The molecule has 46 heavy (non-hydrogen) atoms. The molecule has 0 aliphatic heterocycles. The Morgan fingerprint density at radius 2 is 0.674 bits per heavy atom. The lowest BCUT2D eigenvalue weighted by molar-refractivity contribution is 0.0667. The van der Waals surface area contributed by atoms with E-state index in [-0.39, 0.29) is 12.5 Å². The molecule has 0 fully saturated rings. The minimum absolute atomic E-state index is 0.0260. The van der Waals surface area contributed by atoms with E-state index in [1.807, 2.05) is 0 Å². The van der Waals surface area contributed by atoms with E-state index in [9.17, 15) is 9.67 Å². The van der Waals surface area contributed by atoms with Gasteiger partial charge in [0.2, 0.25) is 0 Å². The first-order valence-corrected chi connectivity index (χ1v) is 22.3. The number of halogens is 1. The van der Waals surface area contributed by atoms with Crippen LogP contribution >= 0.6 is 19.4 Å². The normalized spacial score (nSPS) is 12.7. The van der Waals surface area contributed by atoms with Crippen molar-refractivity contribution in [1.82, 2.24) is 0 Å². The van der Waals surface area contributed by atoms with Crippen LogP contribution in [-0.2, 0) is 18.1 Å². The number of unbranched alkanes of at least 4 members (excludes halogenated alkanes) is 30. The molecule has 0 radical (unpaired) electrons. The van der Waals surface area contributed by atoms with Gasteiger partial charge in [-0.25, -0.2) is 4.57 Å². The number of alkyl halides is 1. The molecule has 0 aliphatic carbocycles. The van der Waals surface area contributed by atoms with Crippen molar-refractivity contribution < 1.29 is 23.2 Å². The molecular weight excluding hydrogens is 615 g/mol. The Hall–Kier alpha value is 0.360. The number of rotatable bonds is 40.